The Bertz CT molecular complexity index is 1000. The van der Waals surface area contributed by atoms with Gasteiger partial charge in [0, 0.05) is 23.2 Å². The molecule has 0 aliphatic heterocycles. The van der Waals surface area contributed by atoms with Crippen molar-refractivity contribution in [2.24, 2.45) is 5.41 Å². The van der Waals surface area contributed by atoms with E-state index >= 15 is 0 Å². The molecule has 0 unspecified atom stereocenters. The molecular formula is C20H21NO4S. The summed E-state index contributed by atoms with van der Waals surface area (Å²) >= 11 is 0. The average Bonchev–Trinajstić information content (AvgIpc) is 2.57. The summed E-state index contributed by atoms with van der Waals surface area (Å²) in [4.78, 5) is 25.5. The lowest BCUT2D eigenvalue weighted by Crippen LogP contribution is -2.31. The highest BCUT2D eigenvalue weighted by molar-refractivity contribution is 7.89. The molecule has 1 N–H and O–H groups in total. The van der Waals surface area contributed by atoms with E-state index in [1.807, 2.05) is 20.8 Å². The largest absolute Gasteiger partial charge is 0.289 e. The van der Waals surface area contributed by atoms with Crippen LogP contribution in [0.2, 0.25) is 0 Å². The number of ketones is 2. The number of fused-ring (bicyclic) bond motifs is 2. The lowest BCUT2D eigenvalue weighted by molar-refractivity contribution is 0.0976. The fraction of sp³-hybridized carbons (Fsp3) is 0.300. The van der Waals surface area contributed by atoms with Gasteiger partial charge in [-0.2, -0.15) is 0 Å². The molecule has 0 saturated carbocycles. The van der Waals surface area contributed by atoms with Crippen molar-refractivity contribution in [1.82, 2.24) is 4.72 Å². The first-order chi connectivity index (χ1) is 12.1. The van der Waals surface area contributed by atoms with E-state index in [9.17, 15) is 18.0 Å². The highest BCUT2D eigenvalue weighted by Crippen LogP contribution is 2.31. The maximum Gasteiger partial charge on any atom is 0.241 e. The molecule has 1 aliphatic carbocycles. The van der Waals surface area contributed by atoms with Gasteiger partial charge < -0.3 is 0 Å². The molecule has 0 saturated heterocycles. The van der Waals surface area contributed by atoms with Gasteiger partial charge in [0.25, 0.3) is 0 Å². The van der Waals surface area contributed by atoms with Gasteiger partial charge in [0.05, 0.1) is 10.5 Å². The van der Waals surface area contributed by atoms with Crippen molar-refractivity contribution in [2.45, 2.75) is 32.1 Å². The van der Waals surface area contributed by atoms with Crippen molar-refractivity contribution in [3.8, 4) is 0 Å². The van der Waals surface area contributed by atoms with Crippen molar-refractivity contribution in [2.75, 3.05) is 6.54 Å². The van der Waals surface area contributed by atoms with Gasteiger partial charge in [-0.15, -0.1) is 0 Å². The van der Waals surface area contributed by atoms with Crippen LogP contribution in [-0.4, -0.2) is 26.5 Å². The summed E-state index contributed by atoms with van der Waals surface area (Å²) in [6, 6.07) is 10.8. The van der Waals surface area contributed by atoms with Gasteiger partial charge in [-0.25, -0.2) is 13.1 Å². The standard InChI is InChI=1S/C20H21NO4S/c1-20(2,3)11-12-21-26(24,25)16-10-6-9-15-17(16)19(23)14-8-5-4-7-13(14)18(15)22/h4-10,21H,11-12H2,1-3H3. The van der Waals surface area contributed by atoms with Gasteiger partial charge >= 0.3 is 0 Å². The monoisotopic (exact) mass is 371 g/mol. The summed E-state index contributed by atoms with van der Waals surface area (Å²) in [6.45, 7) is 6.31. The van der Waals surface area contributed by atoms with Crippen LogP contribution in [0.4, 0.5) is 0 Å². The van der Waals surface area contributed by atoms with E-state index in [0.717, 1.165) is 0 Å². The predicted molar refractivity (Wildman–Crippen MR) is 99.0 cm³/mol. The first-order valence-electron chi connectivity index (χ1n) is 8.43. The Labute approximate surface area is 153 Å². The molecule has 2 aromatic rings. The molecule has 0 radical (unpaired) electrons. The smallest absolute Gasteiger partial charge is 0.241 e. The van der Waals surface area contributed by atoms with Gasteiger partial charge in [-0.05, 0) is 17.9 Å². The maximum absolute atomic E-state index is 12.9. The summed E-state index contributed by atoms with van der Waals surface area (Å²) < 4.78 is 28.1. The second-order valence-electron chi connectivity index (χ2n) is 7.59. The Morgan fingerprint density at radius 1 is 0.846 bits per heavy atom. The molecule has 0 heterocycles. The minimum Gasteiger partial charge on any atom is -0.289 e. The van der Waals surface area contributed by atoms with Crippen LogP contribution in [0, 0.1) is 5.41 Å². The number of carbonyl (C=O) groups is 2. The summed E-state index contributed by atoms with van der Waals surface area (Å²) in [5.74, 6) is -0.770. The van der Waals surface area contributed by atoms with E-state index in [4.69, 9.17) is 0 Å². The fourth-order valence-electron chi connectivity index (χ4n) is 2.98. The minimum absolute atomic E-state index is 0.0244. The number of sulfonamides is 1. The highest BCUT2D eigenvalue weighted by Gasteiger charge is 2.34. The molecule has 0 amide bonds. The third-order valence-electron chi connectivity index (χ3n) is 4.37. The molecule has 6 heteroatoms. The zero-order valence-electron chi connectivity index (χ0n) is 15.0. The number of hydrogen-bond acceptors (Lipinski definition) is 4. The molecule has 0 spiro atoms. The quantitative estimate of drug-likeness (QED) is 0.764. The SMILES string of the molecule is CC(C)(C)CCNS(=O)(=O)c1cccc2c1C(=O)c1ccccc1C2=O. The zero-order valence-corrected chi connectivity index (χ0v) is 15.8. The Kier molecular flexibility index (Phi) is 4.58. The second-order valence-corrected chi connectivity index (χ2v) is 9.33. The molecule has 2 aromatic carbocycles. The predicted octanol–water partition coefficient (Wildman–Crippen LogP) is 3.18. The average molecular weight is 371 g/mol. The van der Waals surface area contributed by atoms with E-state index in [0.29, 0.717) is 12.0 Å². The van der Waals surface area contributed by atoms with Crippen LogP contribution in [0.3, 0.4) is 0 Å². The molecular weight excluding hydrogens is 350 g/mol. The second kappa shape index (κ2) is 6.45. The molecule has 136 valence electrons. The van der Waals surface area contributed by atoms with Gasteiger partial charge in [0.1, 0.15) is 0 Å². The van der Waals surface area contributed by atoms with E-state index < -0.39 is 15.8 Å². The van der Waals surface area contributed by atoms with Crippen molar-refractivity contribution in [3.05, 3.63) is 64.7 Å². The van der Waals surface area contributed by atoms with Crippen LogP contribution in [0.15, 0.2) is 47.4 Å². The van der Waals surface area contributed by atoms with E-state index in [1.54, 1.807) is 24.3 Å². The number of carbonyl (C=O) groups excluding carboxylic acids is 2. The molecule has 5 nitrogen and oxygen atoms in total. The van der Waals surface area contributed by atoms with Crippen molar-refractivity contribution in [3.63, 3.8) is 0 Å². The van der Waals surface area contributed by atoms with Gasteiger partial charge in [-0.1, -0.05) is 57.2 Å². The van der Waals surface area contributed by atoms with Crippen molar-refractivity contribution < 1.29 is 18.0 Å². The summed E-state index contributed by atoms with van der Waals surface area (Å²) in [5, 5.41) is 0. The number of benzene rings is 2. The molecule has 26 heavy (non-hydrogen) atoms. The summed E-state index contributed by atoms with van der Waals surface area (Å²) in [5.41, 5.74) is 0.609. The minimum atomic E-state index is -3.91. The number of hydrogen-bond donors (Lipinski definition) is 1. The van der Waals surface area contributed by atoms with E-state index in [-0.39, 0.29) is 39.3 Å². The molecule has 0 fully saturated rings. The Balaban J connectivity index is 2.04. The zero-order chi connectivity index (χ0) is 19.1. The molecule has 3 rings (SSSR count). The van der Waals surface area contributed by atoms with Crippen LogP contribution in [0.1, 0.15) is 59.0 Å². The van der Waals surface area contributed by atoms with Gasteiger partial charge in [0.2, 0.25) is 10.0 Å². The van der Waals surface area contributed by atoms with Crippen LogP contribution < -0.4 is 4.72 Å². The molecule has 1 aliphatic rings. The van der Waals surface area contributed by atoms with E-state index in [2.05, 4.69) is 4.72 Å². The molecule has 0 bridgehead atoms. The normalized spacial score (nSPS) is 14.1. The summed E-state index contributed by atoms with van der Waals surface area (Å²) in [6.07, 6.45) is 0.650. The first kappa shape index (κ1) is 18.5. The first-order valence-corrected chi connectivity index (χ1v) is 9.91. The third-order valence-corrected chi connectivity index (χ3v) is 5.87. The van der Waals surface area contributed by atoms with Crippen molar-refractivity contribution >= 4 is 21.6 Å². The van der Waals surface area contributed by atoms with E-state index in [1.165, 1.54) is 18.2 Å². The maximum atomic E-state index is 12.9. The molecule has 0 aromatic heterocycles. The van der Waals surface area contributed by atoms with Crippen molar-refractivity contribution in [1.29, 1.82) is 0 Å². The highest BCUT2D eigenvalue weighted by atomic mass is 32.2. The molecule has 0 atom stereocenters. The fourth-order valence-corrected chi connectivity index (χ4v) is 4.23. The van der Waals surface area contributed by atoms with Crippen LogP contribution >= 0.6 is 0 Å². The Hall–Kier alpha value is -2.31. The Morgan fingerprint density at radius 3 is 2.04 bits per heavy atom. The van der Waals surface area contributed by atoms with Crippen LogP contribution in [0.5, 0.6) is 0 Å². The Morgan fingerprint density at radius 2 is 1.42 bits per heavy atom. The van der Waals surface area contributed by atoms with Gasteiger partial charge in [0.15, 0.2) is 11.6 Å². The van der Waals surface area contributed by atoms with Crippen LogP contribution in [0.25, 0.3) is 0 Å². The van der Waals surface area contributed by atoms with Crippen LogP contribution in [-0.2, 0) is 10.0 Å². The third kappa shape index (κ3) is 3.34. The van der Waals surface area contributed by atoms with Gasteiger partial charge in [-0.3, -0.25) is 9.59 Å². The lowest BCUT2D eigenvalue weighted by Gasteiger charge is -2.21. The number of rotatable bonds is 4. The lowest BCUT2D eigenvalue weighted by atomic mass is 9.84. The number of nitrogens with one attached hydrogen (secondary N) is 1. The topological polar surface area (TPSA) is 80.3 Å². The summed E-state index contributed by atoms with van der Waals surface area (Å²) in [7, 11) is -3.91.